The monoisotopic (exact) mass is 380 g/mol. The molecule has 0 bridgehead atoms. The summed E-state index contributed by atoms with van der Waals surface area (Å²) in [5.41, 5.74) is 2.08. The highest BCUT2D eigenvalue weighted by Crippen LogP contribution is 2.19. The Morgan fingerprint density at radius 3 is 2.68 bits per heavy atom. The van der Waals surface area contributed by atoms with Crippen LogP contribution in [0.1, 0.15) is 11.3 Å². The highest BCUT2D eigenvalue weighted by atomic mass is 16.3. The maximum atomic E-state index is 12.7. The lowest BCUT2D eigenvalue weighted by molar-refractivity contribution is -0.132. The van der Waals surface area contributed by atoms with Crippen LogP contribution in [0.25, 0.3) is 10.9 Å². The van der Waals surface area contributed by atoms with Gasteiger partial charge in [-0.15, -0.1) is 0 Å². The zero-order chi connectivity index (χ0) is 19.3. The van der Waals surface area contributed by atoms with Crippen LogP contribution >= 0.6 is 0 Å². The van der Waals surface area contributed by atoms with Gasteiger partial charge in [0.05, 0.1) is 25.8 Å². The van der Waals surface area contributed by atoms with E-state index in [0.717, 1.165) is 22.2 Å². The maximum Gasteiger partial charge on any atom is 0.234 e. The molecule has 0 aliphatic carbocycles. The summed E-state index contributed by atoms with van der Waals surface area (Å²) in [6, 6.07) is 11.6. The fourth-order valence-corrected chi connectivity index (χ4v) is 3.57. The Morgan fingerprint density at radius 1 is 1.07 bits per heavy atom. The van der Waals surface area contributed by atoms with Gasteiger partial charge in [0.15, 0.2) is 0 Å². The van der Waals surface area contributed by atoms with Crippen molar-refractivity contribution in [1.29, 1.82) is 0 Å². The highest BCUT2D eigenvalue weighted by Gasteiger charge is 2.23. The summed E-state index contributed by atoms with van der Waals surface area (Å²) in [6.45, 7) is 3.43. The van der Waals surface area contributed by atoms with E-state index in [1.807, 2.05) is 41.4 Å². The summed E-state index contributed by atoms with van der Waals surface area (Å²) in [6.07, 6.45) is 3.91. The first kappa shape index (κ1) is 18.3. The Hall–Kier alpha value is -3.06. The smallest absolute Gasteiger partial charge is 0.234 e. The van der Waals surface area contributed by atoms with Gasteiger partial charge in [-0.2, -0.15) is 0 Å². The molecule has 2 amide bonds. The molecule has 0 spiro atoms. The van der Waals surface area contributed by atoms with Crippen molar-refractivity contribution in [2.24, 2.45) is 0 Å². The van der Waals surface area contributed by atoms with Gasteiger partial charge in [0.1, 0.15) is 5.76 Å². The predicted octanol–water partition coefficient (Wildman–Crippen LogP) is 1.76. The van der Waals surface area contributed by atoms with E-state index < -0.39 is 0 Å². The molecular formula is C21H24N4O3. The predicted molar refractivity (Wildman–Crippen MR) is 106 cm³/mol. The van der Waals surface area contributed by atoms with Crippen molar-refractivity contribution in [1.82, 2.24) is 20.1 Å². The molecule has 1 aliphatic rings. The number of hydrogen-bond acceptors (Lipinski definition) is 4. The SMILES string of the molecule is O=C(CN1CCN(C(=O)Cc2c[nH]c3ccccc23)CC1)NCc1ccco1. The van der Waals surface area contributed by atoms with Crippen LogP contribution in [0, 0.1) is 0 Å². The molecule has 3 heterocycles. The lowest BCUT2D eigenvalue weighted by Gasteiger charge is -2.34. The highest BCUT2D eigenvalue weighted by molar-refractivity contribution is 5.89. The van der Waals surface area contributed by atoms with E-state index in [-0.39, 0.29) is 11.8 Å². The molecule has 146 valence electrons. The number of fused-ring (bicyclic) bond motifs is 1. The van der Waals surface area contributed by atoms with E-state index in [0.29, 0.717) is 45.7 Å². The number of nitrogens with one attached hydrogen (secondary N) is 2. The van der Waals surface area contributed by atoms with Crippen molar-refractivity contribution in [2.45, 2.75) is 13.0 Å². The van der Waals surface area contributed by atoms with Gasteiger partial charge in [0.25, 0.3) is 0 Å². The minimum atomic E-state index is -0.0324. The number of H-pyrrole nitrogens is 1. The Bertz CT molecular complexity index is 940. The van der Waals surface area contributed by atoms with Crippen molar-refractivity contribution in [3.63, 3.8) is 0 Å². The van der Waals surface area contributed by atoms with E-state index in [1.54, 1.807) is 12.3 Å². The van der Waals surface area contributed by atoms with Gasteiger partial charge in [0.2, 0.25) is 11.8 Å². The average Bonchev–Trinajstić information content (AvgIpc) is 3.37. The second-order valence-electron chi connectivity index (χ2n) is 7.05. The quantitative estimate of drug-likeness (QED) is 0.683. The van der Waals surface area contributed by atoms with Crippen molar-refractivity contribution < 1.29 is 14.0 Å². The molecule has 0 radical (unpaired) electrons. The van der Waals surface area contributed by atoms with Crippen LogP contribution in [-0.4, -0.2) is 59.3 Å². The molecule has 28 heavy (non-hydrogen) atoms. The van der Waals surface area contributed by atoms with E-state index in [9.17, 15) is 9.59 Å². The van der Waals surface area contributed by atoms with Crippen LogP contribution in [0.15, 0.2) is 53.3 Å². The van der Waals surface area contributed by atoms with Gasteiger partial charge >= 0.3 is 0 Å². The molecule has 7 nitrogen and oxygen atoms in total. The van der Waals surface area contributed by atoms with Crippen LogP contribution in [0.5, 0.6) is 0 Å². The molecule has 0 unspecified atom stereocenters. The molecule has 1 aromatic carbocycles. The number of furan rings is 1. The Morgan fingerprint density at radius 2 is 1.89 bits per heavy atom. The second kappa shape index (κ2) is 8.31. The number of rotatable bonds is 6. The lowest BCUT2D eigenvalue weighted by atomic mass is 10.1. The molecule has 1 saturated heterocycles. The summed E-state index contributed by atoms with van der Waals surface area (Å²) < 4.78 is 5.21. The van der Waals surface area contributed by atoms with Crippen molar-refractivity contribution >= 4 is 22.7 Å². The third-order valence-corrected chi connectivity index (χ3v) is 5.15. The zero-order valence-corrected chi connectivity index (χ0v) is 15.7. The third-order valence-electron chi connectivity index (χ3n) is 5.15. The van der Waals surface area contributed by atoms with Crippen LogP contribution in [0.2, 0.25) is 0 Å². The normalized spacial score (nSPS) is 15.1. The largest absolute Gasteiger partial charge is 0.467 e. The fourth-order valence-electron chi connectivity index (χ4n) is 3.57. The number of carbonyl (C=O) groups excluding carboxylic acids is 2. The molecule has 2 aromatic heterocycles. The Balaban J connectivity index is 1.23. The van der Waals surface area contributed by atoms with Crippen LogP contribution in [-0.2, 0) is 22.6 Å². The zero-order valence-electron chi connectivity index (χ0n) is 15.7. The lowest BCUT2D eigenvalue weighted by Crippen LogP contribution is -2.51. The molecule has 3 aromatic rings. The number of aromatic nitrogens is 1. The van der Waals surface area contributed by atoms with Crippen molar-refractivity contribution in [2.75, 3.05) is 32.7 Å². The van der Waals surface area contributed by atoms with E-state index in [2.05, 4.69) is 15.2 Å². The number of para-hydroxylation sites is 1. The van der Waals surface area contributed by atoms with Gasteiger partial charge in [-0.25, -0.2) is 0 Å². The van der Waals surface area contributed by atoms with E-state index >= 15 is 0 Å². The van der Waals surface area contributed by atoms with Gasteiger partial charge < -0.3 is 19.6 Å². The first-order valence-electron chi connectivity index (χ1n) is 9.53. The van der Waals surface area contributed by atoms with Gasteiger partial charge in [0, 0.05) is 43.3 Å². The summed E-state index contributed by atoms with van der Waals surface area (Å²) in [5, 5.41) is 3.95. The number of hydrogen-bond donors (Lipinski definition) is 2. The van der Waals surface area contributed by atoms with Crippen molar-refractivity contribution in [3.8, 4) is 0 Å². The summed E-state index contributed by atoms with van der Waals surface area (Å²) in [4.78, 5) is 31.9. The third kappa shape index (κ3) is 4.26. The van der Waals surface area contributed by atoms with E-state index in [4.69, 9.17) is 4.42 Å². The number of amides is 2. The summed E-state index contributed by atoms with van der Waals surface area (Å²) in [7, 11) is 0. The van der Waals surface area contributed by atoms with Crippen LogP contribution in [0.3, 0.4) is 0 Å². The second-order valence-corrected chi connectivity index (χ2v) is 7.05. The molecule has 0 atom stereocenters. The number of carbonyl (C=O) groups is 2. The van der Waals surface area contributed by atoms with Crippen LogP contribution in [0.4, 0.5) is 0 Å². The Kier molecular flexibility index (Phi) is 5.43. The van der Waals surface area contributed by atoms with Gasteiger partial charge in [-0.05, 0) is 23.8 Å². The maximum absolute atomic E-state index is 12.7. The average molecular weight is 380 g/mol. The minimum Gasteiger partial charge on any atom is -0.467 e. The molecule has 7 heteroatoms. The molecule has 1 fully saturated rings. The molecule has 2 N–H and O–H groups in total. The van der Waals surface area contributed by atoms with Gasteiger partial charge in [-0.3, -0.25) is 14.5 Å². The first-order valence-corrected chi connectivity index (χ1v) is 9.53. The molecule has 0 saturated carbocycles. The standard InChI is InChI=1S/C21H24N4O3/c26-20(23-14-17-4-3-11-28-17)15-24-7-9-25(10-8-24)21(27)12-16-13-22-19-6-2-1-5-18(16)19/h1-6,11,13,22H,7-10,12,14-15H2,(H,23,26). The number of benzene rings is 1. The fraction of sp³-hybridized carbons (Fsp3) is 0.333. The summed E-state index contributed by atoms with van der Waals surface area (Å²) in [5.74, 6) is 0.836. The number of nitrogens with zero attached hydrogens (tertiary/aromatic N) is 2. The summed E-state index contributed by atoms with van der Waals surface area (Å²) >= 11 is 0. The topological polar surface area (TPSA) is 81.6 Å². The van der Waals surface area contributed by atoms with E-state index in [1.165, 1.54) is 0 Å². The van der Waals surface area contributed by atoms with Gasteiger partial charge in [-0.1, -0.05) is 18.2 Å². The molecule has 1 aliphatic heterocycles. The first-order chi connectivity index (χ1) is 13.7. The minimum absolute atomic E-state index is 0.0324. The molecular weight excluding hydrogens is 356 g/mol. The number of piperazine rings is 1. The molecule has 4 rings (SSSR count). The Labute approximate surface area is 163 Å². The van der Waals surface area contributed by atoms with Crippen molar-refractivity contribution in [3.05, 3.63) is 60.2 Å². The number of aromatic amines is 1. The van der Waals surface area contributed by atoms with Crippen LogP contribution < -0.4 is 5.32 Å².